The lowest BCUT2D eigenvalue weighted by molar-refractivity contribution is 0.128. The Kier molecular flexibility index (Phi) is 13.1. The van der Waals surface area contributed by atoms with Crippen molar-refractivity contribution in [1.29, 1.82) is 0 Å². The van der Waals surface area contributed by atoms with Crippen LogP contribution in [0.2, 0.25) is 0 Å². The Morgan fingerprint density at radius 3 is 1.50 bits per heavy atom. The van der Waals surface area contributed by atoms with Gasteiger partial charge in [-0.1, -0.05) is 26.7 Å². The molecule has 6 heteroatoms. The molecular formula is C8H21O5P. The predicted octanol–water partition coefficient (Wildman–Crippen LogP) is 1.67. The molecule has 0 aromatic heterocycles. The van der Waals surface area contributed by atoms with Crippen LogP contribution >= 0.6 is 7.82 Å². The van der Waals surface area contributed by atoms with E-state index in [-0.39, 0.29) is 0 Å². The number of hydrogen-bond acceptors (Lipinski definition) is 2. The van der Waals surface area contributed by atoms with Crippen molar-refractivity contribution in [2.24, 2.45) is 0 Å². The molecule has 0 aromatic carbocycles. The van der Waals surface area contributed by atoms with Gasteiger partial charge in [0.25, 0.3) is 0 Å². The summed E-state index contributed by atoms with van der Waals surface area (Å²) in [5, 5.41) is 0. The molecule has 3 N–H and O–H groups in total. The van der Waals surface area contributed by atoms with Crippen LogP contribution in [0.25, 0.3) is 0 Å². The van der Waals surface area contributed by atoms with Crippen molar-refractivity contribution in [2.75, 3.05) is 13.2 Å². The lowest BCUT2D eigenvalue weighted by Gasteiger charge is -1.99. The van der Waals surface area contributed by atoms with Crippen LogP contribution in [-0.2, 0) is 9.30 Å². The summed E-state index contributed by atoms with van der Waals surface area (Å²) < 4.78 is 14.2. The molecule has 0 amide bonds. The van der Waals surface area contributed by atoms with E-state index in [0.717, 1.165) is 13.2 Å². The normalized spacial score (nSPS) is 10.6. The maximum absolute atomic E-state index is 8.88. The van der Waals surface area contributed by atoms with Gasteiger partial charge in [0.2, 0.25) is 0 Å². The van der Waals surface area contributed by atoms with Crippen molar-refractivity contribution in [3.05, 3.63) is 0 Å². The molecule has 0 saturated heterocycles. The topological polar surface area (TPSA) is 87.0 Å². The number of hydrogen-bond donors (Lipinski definition) is 3. The number of ether oxygens (including phenoxy) is 1. The van der Waals surface area contributed by atoms with Crippen LogP contribution in [-0.4, -0.2) is 27.9 Å². The summed E-state index contributed by atoms with van der Waals surface area (Å²) in [6.45, 7) is 6.28. The Morgan fingerprint density at radius 2 is 1.29 bits per heavy atom. The third-order valence-electron chi connectivity index (χ3n) is 1.28. The quantitative estimate of drug-likeness (QED) is 0.475. The lowest BCUT2D eigenvalue weighted by Crippen LogP contribution is -1.95. The molecule has 0 bridgehead atoms. The summed E-state index contributed by atoms with van der Waals surface area (Å²) >= 11 is 0. The van der Waals surface area contributed by atoms with E-state index in [1.165, 1.54) is 25.7 Å². The van der Waals surface area contributed by atoms with E-state index in [1.807, 2.05) is 0 Å². The fourth-order valence-corrected chi connectivity index (χ4v) is 0.595. The molecule has 0 saturated carbocycles. The van der Waals surface area contributed by atoms with Gasteiger partial charge >= 0.3 is 7.82 Å². The van der Waals surface area contributed by atoms with Crippen LogP contribution < -0.4 is 0 Å². The van der Waals surface area contributed by atoms with Crippen molar-refractivity contribution in [3.63, 3.8) is 0 Å². The van der Waals surface area contributed by atoms with Gasteiger partial charge in [-0.2, -0.15) is 0 Å². The molecule has 0 radical (unpaired) electrons. The SMILES string of the molecule is CCCCOCCCC.O=P(O)(O)O. The zero-order valence-electron chi connectivity index (χ0n) is 8.85. The van der Waals surface area contributed by atoms with Gasteiger partial charge in [0.1, 0.15) is 0 Å². The number of phosphoric acid groups is 1. The zero-order chi connectivity index (χ0) is 11.4. The van der Waals surface area contributed by atoms with E-state index in [9.17, 15) is 0 Å². The van der Waals surface area contributed by atoms with Gasteiger partial charge in [-0.25, -0.2) is 4.57 Å². The van der Waals surface area contributed by atoms with E-state index >= 15 is 0 Å². The first kappa shape index (κ1) is 16.5. The van der Waals surface area contributed by atoms with Crippen molar-refractivity contribution in [2.45, 2.75) is 39.5 Å². The molecule has 14 heavy (non-hydrogen) atoms. The smallest absolute Gasteiger partial charge is 0.381 e. The third kappa shape index (κ3) is 40.1. The second-order valence-corrected chi connectivity index (χ2v) is 3.86. The molecule has 5 nitrogen and oxygen atoms in total. The van der Waals surface area contributed by atoms with E-state index < -0.39 is 7.82 Å². The van der Waals surface area contributed by atoms with E-state index in [0.29, 0.717) is 0 Å². The van der Waals surface area contributed by atoms with Crippen molar-refractivity contribution in [3.8, 4) is 0 Å². The molecule has 0 aliphatic heterocycles. The minimum Gasteiger partial charge on any atom is -0.381 e. The van der Waals surface area contributed by atoms with Gasteiger partial charge in [0.05, 0.1) is 0 Å². The summed E-state index contributed by atoms with van der Waals surface area (Å²) in [5.74, 6) is 0. The fraction of sp³-hybridized carbons (Fsp3) is 1.00. The maximum Gasteiger partial charge on any atom is 0.466 e. The van der Waals surface area contributed by atoms with Crippen molar-refractivity contribution < 1.29 is 24.0 Å². The Hall–Kier alpha value is 0.0700. The van der Waals surface area contributed by atoms with Crippen molar-refractivity contribution >= 4 is 7.82 Å². The van der Waals surface area contributed by atoms with Crippen LogP contribution in [0.1, 0.15) is 39.5 Å². The minimum absolute atomic E-state index is 0.955. The Balaban J connectivity index is 0. The first-order chi connectivity index (χ1) is 6.41. The highest BCUT2D eigenvalue weighted by Crippen LogP contribution is 2.25. The molecule has 0 atom stereocenters. The Morgan fingerprint density at radius 1 is 1.00 bits per heavy atom. The first-order valence-corrected chi connectivity index (χ1v) is 6.34. The van der Waals surface area contributed by atoms with Gasteiger partial charge in [-0.05, 0) is 12.8 Å². The van der Waals surface area contributed by atoms with Crippen LogP contribution in [0.5, 0.6) is 0 Å². The van der Waals surface area contributed by atoms with Crippen molar-refractivity contribution in [1.82, 2.24) is 0 Å². The molecule has 0 aliphatic rings. The largest absolute Gasteiger partial charge is 0.466 e. The van der Waals surface area contributed by atoms with Crippen LogP contribution in [0.3, 0.4) is 0 Å². The van der Waals surface area contributed by atoms with E-state index in [2.05, 4.69) is 13.8 Å². The highest BCUT2D eigenvalue weighted by atomic mass is 31.2. The first-order valence-electron chi connectivity index (χ1n) is 4.77. The average molecular weight is 228 g/mol. The molecule has 0 heterocycles. The summed E-state index contributed by atoms with van der Waals surface area (Å²) in [4.78, 5) is 21.6. The Bertz CT molecular complexity index is 130. The summed E-state index contributed by atoms with van der Waals surface area (Å²) in [6.07, 6.45) is 4.91. The van der Waals surface area contributed by atoms with Crippen LogP contribution in [0, 0.1) is 0 Å². The van der Waals surface area contributed by atoms with Gasteiger partial charge < -0.3 is 19.4 Å². The summed E-state index contributed by atoms with van der Waals surface area (Å²) in [5.41, 5.74) is 0. The summed E-state index contributed by atoms with van der Waals surface area (Å²) in [6, 6.07) is 0. The average Bonchev–Trinajstić information content (AvgIpc) is 2.01. The molecular weight excluding hydrogens is 207 g/mol. The zero-order valence-corrected chi connectivity index (χ0v) is 9.74. The summed E-state index contributed by atoms with van der Waals surface area (Å²) in [7, 11) is -4.64. The highest BCUT2D eigenvalue weighted by molar-refractivity contribution is 7.45. The van der Waals surface area contributed by atoms with Gasteiger partial charge in [-0.15, -0.1) is 0 Å². The van der Waals surface area contributed by atoms with Crippen LogP contribution in [0.4, 0.5) is 0 Å². The van der Waals surface area contributed by atoms with E-state index in [1.54, 1.807) is 0 Å². The maximum atomic E-state index is 8.88. The molecule has 0 spiro atoms. The van der Waals surface area contributed by atoms with E-state index in [4.69, 9.17) is 24.0 Å². The predicted molar refractivity (Wildman–Crippen MR) is 54.9 cm³/mol. The van der Waals surface area contributed by atoms with Crippen LogP contribution in [0.15, 0.2) is 0 Å². The monoisotopic (exact) mass is 228 g/mol. The minimum atomic E-state index is -4.64. The second-order valence-electron chi connectivity index (χ2n) is 2.83. The molecule has 88 valence electrons. The fourth-order valence-electron chi connectivity index (χ4n) is 0.595. The molecule has 0 aromatic rings. The second kappa shape index (κ2) is 11.1. The third-order valence-corrected chi connectivity index (χ3v) is 1.28. The number of unbranched alkanes of at least 4 members (excludes halogenated alkanes) is 2. The molecule has 0 rings (SSSR count). The highest BCUT2D eigenvalue weighted by Gasteiger charge is 2.00. The number of rotatable bonds is 6. The lowest BCUT2D eigenvalue weighted by atomic mass is 10.3. The van der Waals surface area contributed by atoms with Gasteiger partial charge in [-0.3, -0.25) is 0 Å². The van der Waals surface area contributed by atoms with Gasteiger partial charge in [0, 0.05) is 13.2 Å². The molecule has 0 unspecified atom stereocenters. The van der Waals surface area contributed by atoms with Gasteiger partial charge in [0.15, 0.2) is 0 Å². The Labute approximate surface area is 85.3 Å². The molecule has 0 aliphatic carbocycles. The molecule has 0 fully saturated rings. The standard InChI is InChI=1S/C8H18O.H3O4P/c1-3-5-7-9-8-6-4-2;1-5(2,3)4/h3-8H2,1-2H3;(H3,1,2,3,4).